The Bertz CT molecular complexity index is 300. The molecule has 14 heavy (non-hydrogen) atoms. The quantitative estimate of drug-likeness (QED) is 0.512. The predicted octanol–water partition coefficient (Wildman–Crippen LogP) is 1.38. The highest BCUT2D eigenvalue weighted by atomic mass is 16.4. The van der Waals surface area contributed by atoms with Crippen molar-refractivity contribution in [3.05, 3.63) is 48.6 Å². The second kappa shape index (κ2) is 5.53. The molecule has 0 heterocycles. The summed E-state index contributed by atoms with van der Waals surface area (Å²) in [5, 5.41) is 17.1. The zero-order valence-electron chi connectivity index (χ0n) is 7.43. The normalized spacial score (nSPS) is 12.0. The lowest BCUT2D eigenvalue weighted by molar-refractivity contribution is -0.133. The molecule has 74 valence electrons. The van der Waals surface area contributed by atoms with Crippen molar-refractivity contribution in [2.45, 2.75) is 0 Å². The van der Waals surface area contributed by atoms with E-state index in [-0.39, 0.29) is 11.1 Å². The first-order valence-electron chi connectivity index (χ1n) is 3.66. The lowest BCUT2D eigenvalue weighted by Gasteiger charge is -1.92. The molecule has 0 aromatic heterocycles. The largest absolute Gasteiger partial charge is 0.478 e. The summed E-state index contributed by atoms with van der Waals surface area (Å²) in [5.74, 6) is -2.32. The number of rotatable bonds is 5. The third kappa shape index (κ3) is 3.53. The van der Waals surface area contributed by atoms with E-state index in [2.05, 4.69) is 13.2 Å². The summed E-state index contributed by atoms with van der Waals surface area (Å²) in [7, 11) is 0. The second-order valence-corrected chi connectivity index (χ2v) is 2.26. The number of carboxylic acid groups (broad SMARTS) is 2. The number of carbonyl (C=O) groups is 2. The molecule has 0 fully saturated rings. The molecule has 0 saturated heterocycles. The highest BCUT2D eigenvalue weighted by Gasteiger charge is 2.02. The van der Waals surface area contributed by atoms with Gasteiger partial charge in [0.05, 0.1) is 11.1 Å². The zero-order valence-corrected chi connectivity index (χ0v) is 7.43. The Labute approximate surface area is 81.2 Å². The average Bonchev–Trinajstić information content (AvgIpc) is 2.11. The third-order valence-corrected chi connectivity index (χ3v) is 1.38. The van der Waals surface area contributed by atoms with Crippen molar-refractivity contribution in [1.29, 1.82) is 0 Å². The Hall–Kier alpha value is -2.10. The molecule has 0 rings (SSSR count). The van der Waals surface area contributed by atoms with Crippen LogP contribution < -0.4 is 0 Å². The molecule has 0 aromatic rings. The van der Waals surface area contributed by atoms with Gasteiger partial charge in [-0.2, -0.15) is 0 Å². The molecule has 0 radical (unpaired) electrons. The van der Waals surface area contributed by atoms with E-state index in [0.717, 1.165) is 24.3 Å². The molecule has 0 aliphatic carbocycles. The smallest absolute Gasteiger partial charge is 0.335 e. The van der Waals surface area contributed by atoms with Crippen LogP contribution in [0.25, 0.3) is 0 Å². The van der Waals surface area contributed by atoms with Crippen LogP contribution in [0.3, 0.4) is 0 Å². The van der Waals surface area contributed by atoms with Gasteiger partial charge in [0, 0.05) is 0 Å². The van der Waals surface area contributed by atoms with Gasteiger partial charge < -0.3 is 10.2 Å². The molecule has 0 aliphatic heterocycles. The molecule has 0 aliphatic rings. The molecule has 0 spiro atoms. The maximum Gasteiger partial charge on any atom is 0.335 e. The van der Waals surface area contributed by atoms with Crippen LogP contribution in [-0.2, 0) is 9.59 Å². The predicted molar refractivity (Wildman–Crippen MR) is 51.8 cm³/mol. The summed E-state index contributed by atoms with van der Waals surface area (Å²) < 4.78 is 0. The fourth-order valence-electron chi connectivity index (χ4n) is 0.633. The van der Waals surface area contributed by atoms with Crippen LogP contribution in [0.4, 0.5) is 0 Å². The minimum absolute atomic E-state index is 0.0781. The fourth-order valence-corrected chi connectivity index (χ4v) is 0.633. The summed E-state index contributed by atoms with van der Waals surface area (Å²) in [6.07, 6.45) is 4.56. The number of carboxylic acids is 2. The molecular weight excluding hydrogens is 184 g/mol. The van der Waals surface area contributed by atoms with Gasteiger partial charge in [0.15, 0.2) is 0 Å². The number of aliphatic carboxylic acids is 2. The Morgan fingerprint density at radius 2 is 1.14 bits per heavy atom. The minimum atomic E-state index is -1.16. The van der Waals surface area contributed by atoms with E-state index in [1.165, 1.54) is 0 Å². The summed E-state index contributed by atoms with van der Waals surface area (Å²) >= 11 is 0. The summed E-state index contributed by atoms with van der Waals surface area (Å²) in [6, 6.07) is 0. The first-order chi connectivity index (χ1) is 6.52. The monoisotopic (exact) mass is 194 g/mol. The van der Waals surface area contributed by atoms with Gasteiger partial charge in [0.1, 0.15) is 0 Å². The summed E-state index contributed by atoms with van der Waals surface area (Å²) in [6.45, 7) is 6.56. The van der Waals surface area contributed by atoms with Crippen LogP contribution in [0.1, 0.15) is 0 Å². The molecule has 0 bridgehead atoms. The molecule has 4 heteroatoms. The number of allylic oxidation sites excluding steroid dienone is 2. The summed E-state index contributed by atoms with van der Waals surface area (Å²) in [4.78, 5) is 20.9. The van der Waals surface area contributed by atoms with Crippen LogP contribution in [0.15, 0.2) is 48.6 Å². The Morgan fingerprint density at radius 3 is 1.29 bits per heavy atom. The van der Waals surface area contributed by atoms with Gasteiger partial charge in [0.2, 0.25) is 0 Å². The summed E-state index contributed by atoms with van der Waals surface area (Å²) in [5.41, 5.74) is -0.156. The Kier molecular flexibility index (Phi) is 4.70. The highest BCUT2D eigenvalue weighted by molar-refractivity contribution is 5.92. The first kappa shape index (κ1) is 11.9. The molecule has 2 N–H and O–H groups in total. The van der Waals surface area contributed by atoms with Crippen molar-refractivity contribution >= 4 is 11.9 Å². The van der Waals surface area contributed by atoms with E-state index < -0.39 is 11.9 Å². The maximum atomic E-state index is 10.5. The second-order valence-electron chi connectivity index (χ2n) is 2.26. The van der Waals surface area contributed by atoms with E-state index in [4.69, 9.17) is 10.2 Å². The molecule has 0 amide bonds. The van der Waals surface area contributed by atoms with Gasteiger partial charge >= 0.3 is 11.9 Å². The topological polar surface area (TPSA) is 74.6 Å². The molecule has 4 nitrogen and oxygen atoms in total. The fraction of sp³-hybridized carbons (Fsp3) is 0. The third-order valence-electron chi connectivity index (χ3n) is 1.38. The lowest BCUT2D eigenvalue weighted by Crippen LogP contribution is -1.99. The zero-order chi connectivity index (χ0) is 11.1. The van der Waals surface area contributed by atoms with Crippen LogP contribution in [0.2, 0.25) is 0 Å². The van der Waals surface area contributed by atoms with Gasteiger partial charge in [0.25, 0.3) is 0 Å². The Balaban J connectivity index is 4.97. The van der Waals surface area contributed by atoms with Crippen molar-refractivity contribution in [3.63, 3.8) is 0 Å². The van der Waals surface area contributed by atoms with Crippen LogP contribution >= 0.6 is 0 Å². The maximum absolute atomic E-state index is 10.5. The number of hydrogen-bond donors (Lipinski definition) is 2. The van der Waals surface area contributed by atoms with Gasteiger partial charge in [-0.3, -0.25) is 0 Å². The van der Waals surface area contributed by atoms with Gasteiger partial charge in [-0.25, -0.2) is 9.59 Å². The minimum Gasteiger partial charge on any atom is -0.478 e. The van der Waals surface area contributed by atoms with E-state index in [1.807, 2.05) is 0 Å². The van der Waals surface area contributed by atoms with Crippen molar-refractivity contribution in [3.8, 4) is 0 Å². The average molecular weight is 194 g/mol. The van der Waals surface area contributed by atoms with E-state index in [1.54, 1.807) is 0 Å². The van der Waals surface area contributed by atoms with E-state index in [9.17, 15) is 9.59 Å². The SMILES string of the molecule is C=C/C(=C\C=C(/C=C)C(=O)O)C(=O)O. The molecule has 0 aromatic carbocycles. The van der Waals surface area contributed by atoms with Crippen LogP contribution in [0, 0.1) is 0 Å². The van der Waals surface area contributed by atoms with Crippen molar-refractivity contribution in [2.24, 2.45) is 0 Å². The standard InChI is InChI=1S/C10H10O4/c1-3-7(9(11)12)5-6-8(4-2)10(13)14/h3-6H,1-2H2,(H,11,12)(H,13,14)/b7-5+,8-6+. The van der Waals surface area contributed by atoms with Gasteiger partial charge in [-0.05, 0) is 12.2 Å². The molecule has 0 atom stereocenters. The van der Waals surface area contributed by atoms with Crippen LogP contribution in [0.5, 0.6) is 0 Å². The van der Waals surface area contributed by atoms with Crippen molar-refractivity contribution in [1.82, 2.24) is 0 Å². The van der Waals surface area contributed by atoms with Gasteiger partial charge in [-0.1, -0.05) is 25.3 Å². The molecule has 0 unspecified atom stereocenters. The first-order valence-corrected chi connectivity index (χ1v) is 3.66. The lowest BCUT2D eigenvalue weighted by atomic mass is 10.2. The molecule has 0 saturated carbocycles. The Morgan fingerprint density at radius 1 is 0.857 bits per heavy atom. The van der Waals surface area contributed by atoms with Crippen molar-refractivity contribution < 1.29 is 19.8 Å². The van der Waals surface area contributed by atoms with Crippen LogP contribution in [-0.4, -0.2) is 22.2 Å². The van der Waals surface area contributed by atoms with Gasteiger partial charge in [-0.15, -0.1) is 0 Å². The van der Waals surface area contributed by atoms with E-state index in [0.29, 0.717) is 0 Å². The molecular formula is C10H10O4. The van der Waals surface area contributed by atoms with Crippen molar-refractivity contribution in [2.75, 3.05) is 0 Å². The van der Waals surface area contributed by atoms with E-state index >= 15 is 0 Å². The highest BCUT2D eigenvalue weighted by Crippen LogP contribution is 2.01. The number of hydrogen-bond acceptors (Lipinski definition) is 2.